The van der Waals surface area contributed by atoms with Gasteiger partial charge in [-0.25, -0.2) is 4.98 Å². The monoisotopic (exact) mass is 1070 g/mol. The summed E-state index contributed by atoms with van der Waals surface area (Å²) in [5.41, 5.74) is 18.0. The minimum absolute atomic E-state index is 0.840. The summed E-state index contributed by atoms with van der Waals surface area (Å²) >= 11 is 0. The maximum Gasteiger partial charge on any atom is 0.140 e. The maximum absolute atomic E-state index is 5.86. The lowest BCUT2D eigenvalue weighted by atomic mass is 10.1. The number of hydrogen-bond acceptors (Lipinski definition) is 1. The fourth-order valence-corrected chi connectivity index (χ4v) is 14.6. The van der Waals surface area contributed by atoms with E-state index in [1.165, 1.54) is 59.4 Å². The summed E-state index contributed by atoms with van der Waals surface area (Å²) in [5, 5.41) is 14.4. The zero-order valence-electron chi connectivity index (χ0n) is 45.3. The van der Waals surface area contributed by atoms with Crippen LogP contribution < -0.4 is 0 Å². The number of nitrogens with zero attached hydrogens (tertiary/aromatic N) is 7. The van der Waals surface area contributed by atoms with Crippen molar-refractivity contribution in [1.82, 2.24) is 32.4 Å². The second-order valence-corrected chi connectivity index (χ2v) is 22.3. The second kappa shape index (κ2) is 17.1. The van der Waals surface area contributed by atoms with Gasteiger partial charge in [0, 0.05) is 70.3 Å². The molecular formula is C77H47N7. The summed E-state index contributed by atoms with van der Waals surface area (Å²) < 4.78 is 14.7. The minimum atomic E-state index is 0.840. The molecule has 7 aromatic heterocycles. The van der Waals surface area contributed by atoms with Crippen molar-refractivity contribution in [3.8, 4) is 34.4 Å². The number of rotatable bonds is 6. The predicted octanol–water partition coefficient (Wildman–Crippen LogP) is 19.7. The molecule has 0 amide bonds. The number of pyridine rings is 1. The lowest BCUT2D eigenvalue weighted by molar-refractivity contribution is 1.01. The highest BCUT2D eigenvalue weighted by atomic mass is 15.2. The molecule has 0 radical (unpaired) electrons. The molecule has 0 saturated heterocycles. The minimum Gasteiger partial charge on any atom is -0.309 e. The summed E-state index contributed by atoms with van der Waals surface area (Å²) in [6.07, 6.45) is 0. The topological polar surface area (TPSA) is 42.5 Å². The lowest BCUT2D eigenvalue weighted by Gasteiger charge is -2.17. The Bertz CT molecular complexity index is 5760. The van der Waals surface area contributed by atoms with Crippen LogP contribution in [-0.2, 0) is 0 Å². The van der Waals surface area contributed by atoms with Crippen LogP contribution in [0.3, 0.4) is 0 Å². The van der Waals surface area contributed by atoms with Crippen molar-refractivity contribution < 1.29 is 0 Å². The zero-order valence-corrected chi connectivity index (χ0v) is 45.3. The highest BCUT2D eigenvalue weighted by Gasteiger charge is 2.26. The van der Waals surface area contributed by atoms with E-state index in [0.29, 0.717) is 0 Å². The second-order valence-electron chi connectivity index (χ2n) is 22.3. The standard InChI is InChI=1S/C77H47N7/c1-2-21-48(22-3-1)82-67-35-16-8-28-57(67)60-41-42-61-58-29-10-18-37-69(58)84(77(61)76(60)82)73-40-20-39-72(78-73)83-68-36-17-9-27-56(68)59-43-44-71-74(75(59)83)62-30-11-19-38-70(62)81(71)51-46-49(79-63-31-12-4-23-52(63)53-24-5-13-32-64(53)79)45-50(47-51)80-65-33-14-6-25-54(65)55-26-7-15-34-66(55)80/h1-47H. The van der Waals surface area contributed by atoms with Crippen molar-refractivity contribution in [2.75, 3.05) is 0 Å². The summed E-state index contributed by atoms with van der Waals surface area (Å²) in [4.78, 5) is 5.86. The van der Waals surface area contributed by atoms with E-state index in [2.05, 4.69) is 313 Å². The van der Waals surface area contributed by atoms with Crippen LogP contribution in [-0.4, -0.2) is 32.4 Å². The summed E-state index contributed by atoms with van der Waals surface area (Å²) in [6.45, 7) is 0. The van der Waals surface area contributed by atoms with Gasteiger partial charge in [0.2, 0.25) is 0 Å². The third-order valence-electron chi connectivity index (χ3n) is 18.0. The highest BCUT2D eigenvalue weighted by molar-refractivity contribution is 6.27. The van der Waals surface area contributed by atoms with Crippen molar-refractivity contribution in [3.63, 3.8) is 0 Å². The van der Waals surface area contributed by atoms with Gasteiger partial charge in [-0.3, -0.25) is 9.13 Å². The molecule has 390 valence electrons. The van der Waals surface area contributed by atoms with Crippen LogP contribution in [0.2, 0.25) is 0 Å². The number of benzene rings is 12. The first-order valence-electron chi connectivity index (χ1n) is 28.8. The molecule has 0 aliphatic rings. The van der Waals surface area contributed by atoms with Gasteiger partial charge in [-0.2, -0.15) is 0 Å². The average molecular weight is 1070 g/mol. The first-order valence-corrected chi connectivity index (χ1v) is 28.8. The smallest absolute Gasteiger partial charge is 0.140 e. The molecule has 7 nitrogen and oxygen atoms in total. The van der Waals surface area contributed by atoms with Gasteiger partial charge in [0.1, 0.15) is 11.6 Å². The molecular weight excluding hydrogens is 1020 g/mol. The fraction of sp³-hybridized carbons (Fsp3) is 0. The molecule has 0 saturated carbocycles. The van der Waals surface area contributed by atoms with Crippen molar-refractivity contribution in [2.24, 2.45) is 0 Å². The van der Waals surface area contributed by atoms with Gasteiger partial charge < -0.3 is 18.3 Å². The summed E-state index contributed by atoms with van der Waals surface area (Å²) in [5.74, 6) is 1.68. The molecule has 19 rings (SSSR count). The third-order valence-corrected chi connectivity index (χ3v) is 18.0. The van der Waals surface area contributed by atoms with Gasteiger partial charge in [-0.1, -0.05) is 188 Å². The molecule has 0 spiro atoms. The van der Waals surface area contributed by atoms with Gasteiger partial charge in [0.25, 0.3) is 0 Å². The fourth-order valence-electron chi connectivity index (χ4n) is 14.6. The van der Waals surface area contributed by atoms with Gasteiger partial charge in [0.05, 0.1) is 83.3 Å². The van der Waals surface area contributed by atoms with Crippen LogP contribution in [0.4, 0.5) is 0 Å². The molecule has 0 aliphatic carbocycles. The Morgan fingerprint density at radius 2 is 0.476 bits per heavy atom. The number of fused-ring (bicyclic) bond motifs is 20. The van der Waals surface area contributed by atoms with Gasteiger partial charge in [0.15, 0.2) is 0 Å². The normalized spacial score (nSPS) is 12.3. The SMILES string of the molecule is c1ccc(-n2c3ccccc3c3ccc4c5ccccc5n(-c5cccc(-n6c7ccccc7c7ccc8c(c9ccccc9n8-c8cc(-n9c%10ccccc%10c%10ccccc%109)cc(-n9c%10ccccc%10c%10ccccc%109)c8)c76)n5)c4c32)cc1. The molecule has 0 atom stereocenters. The Labute approximate surface area is 480 Å². The van der Waals surface area contributed by atoms with Crippen LogP contribution in [0.25, 0.3) is 165 Å². The van der Waals surface area contributed by atoms with Gasteiger partial charge in [-0.15, -0.1) is 0 Å². The van der Waals surface area contributed by atoms with E-state index in [-0.39, 0.29) is 0 Å². The molecule has 0 aliphatic heterocycles. The molecule has 84 heavy (non-hydrogen) atoms. The van der Waals surface area contributed by atoms with Gasteiger partial charge >= 0.3 is 0 Å². The van der Waals surface area contributed by atoms with E-state index in [4.69, 9.17) is 4.98 Å². The number of para-hydroxylation sites is 9. The van der Waals surface area contributed by atoms with E-state index >= 15 is 0 Å². The Morgan fingerprint density at radius 1 is 0.179 bits per heavy atom. The lowest BCUT2D eigenvalue weighted by Crippen LogP contribution is -2.04. The van der Waals surface area contributed by atoms with Crippen LogP contribution in [0.1, 0.15) is 0 Å². The maximum atomic E-state index is 5.86. The van der Waals surface area contributed by atoms with E-state index in [9.17, 15) is 0 Å². The summed E-state index contributed by atoms with van der Waals surface area (Å²) in [6, 6.07) is 104. The molecule has 7 heterocycles. The van der Waals surface area contributed by atoms with Crippen molar-refractivity contribution >= 4 is 131 Å². The number of hydrogen-bond donors (Lipinski definition) is 0. The van der Waals surface area contributed by atoms with Crippen LogP contribution in [0, 0.1) is 0 Å². The van der Waals surface area contributed by atoms with E-state index in [0.717, 1.165) is 106 Å². The molecule has 7 heteroatoms. The molecule has 0 bridgehead atoms. The van der Waals surface area contributed by atoms with E-state index in [1.54, 1.807) is 0 Å². The van der Waals surface area contributed by atoms with Crippen molar-refractivity contribution in [1.29, 1.82) is 0 Å². The third kappa shape index (κ3) is 6.11. The van der Waals surface area contributed by atoms with E-state index in [1.807, 2.05) is 0 Å². The van der Waals surface area contributed by atoms with E-state index < -0.39 is 0 Å². The largest absolute Gasteiger partial charge is 0.309 e. The molecule has 0 unspecified atom stereocenters. The summed E-state index contributed by atoms with van der Waals surface area (Å²) in [7, 11) is 0. The molecule has 0 fully saturated rings. The Hall–Kier alpha value is -11.4. The van der Waals surface area contributed by atoms with Gasteiger partial charge in [-0.05, 0) is 97.1 Å². The van der Waals surface area contributed by atoms with Crippen LogP contribution >= 0.6 is 0 Å². The average Bonchev–Trinajstić information content (AvgIpc) is 4.47. The molecule has 19 aromatic rings. The van der Waals surface area contributed by atoms with Crippen molar-refractivity contribution in [2.45, 2.75) is 0 Å². The quantitative estimate of drug-likeness (QED) is 0.164. The Balaban J connectivity index is 0.902. The highest BCUT2D eigenvalue weighted by Crippen LogP contribution is 2.46. The molecule has 12 aromatic carbocycles. The van der Waals surface area contributed by atoms with Crippen LogP contribution in [0.15, 0.2) is 285 Å². The van der Waals surface area contributed by atoms with Crippen molar-refractivity contribution in [3.05, 3.63) is 285 Å². The predicted molar refractivity (Wildman–Crippen MR) is 350 cm³/mol. The first kappa shape index (κ1) is 45.3. The zero-order chi connectivity index (χ0) is 54.7. The Morgan fingerprint density at radius 3 is 0.917 bits per heavy atom. The molecule has 0 N–H and O–H groups in total. The Kier molecular flexibility index (Phi) is 9.21. The number of aromatic nitrogens is 7. The first-order chi connectivity index (χ1) is 41.7. The van der Waals surface area contributed by atoms with Crippen LogP contribution in [0.5, 0.6) is 0 Å².